The Morgan fingerprint density at radius 1 is 1.15 bits per heavy atom. The van der Waals surface area contributed by atoms with Gasteiger partial charge in [-0.05, 0) is 56.4 Å². The highest BCUT2D eigenvalue weighted by Gasteiger charge is 2.38. The van der Waals surface area contributed by atoms with Crippen molar-refractivity contribution in [3.05, 3.63) is 70.6 Å². The Kier molecular flexibility index (Phi) is 10.6. The van der Waals surface area contributed by atoms with Crippen LogP contribution in [0.25, 0.3) is 11.3 Å². The summed E-state index contributed by atoms with van der Waals surface area (Å²) in [5.74, 6) is -0.00258. The van der Waals surface area contributed by atoms with Crippen molar-refractivity contribution in [2.75, 3.05) is 6.61 Å². The highest BCUT2D eigenvalue weighted by Crippen LogP contribution is 2.31. The summed E-state index contributed by atoms with van der Waals surface area (Å²) in [5, 5.41) is 22.8. The Labute approximate surface area is 237 Å². The molecule has 2 aromatic carbocycles. The molecule has 3 aromatic rings. The van der Waals surface area contributed by atoms with E-state index >= 15 is 0 Å². The van der Waals surface area contributed by atoms with Crippen LogP contribution >= 0.6 is 11.6 Å². The van der Waals surface area contributed by atoms with Crippen LogP contribution in [-0.2, 0) is 13.0 Å². The number of aryl methyl sites for hydroxylation is 1. The number of rotatable bonds is 12. The molecule has 1 aromatic heterocycles. The van der Waals surface area contributed by atoms with Crippen LogP contribution < -0.4 is 10.1 Å². The predicted molar refractivity (Wildman–Crippen MR) is 147 cm³/mol. The minimum absolute atomic E-state index is 0.0296. The number of carbonyl (C=O) groups is 1. The summed E-state index contributed by atoms with van der Waals surface area (Å²) in [4.78, 5) is 17.5. The molecule has 3 rings (SSSR count). The van der Waals surface area contributed by atoms with E-state index in [1.54, 1.807) is 0 Å². The SMILES string of the molecule is CCn1cc(-c2ccc(C[C@@H](CCO)NC(=O)c3ccc(OC(C)C(F)(F)F)c(Cl)c3)cc2)nc1[C@H](O)C(C)C. The molecule has 11 heteroatoms. The van der Waals surface area contributed by atoms with Crippen LogP contribution in [0.1, 0.15) is 62.0 Å². The highest BCUT2D eigenvalue weighted by molar-refractivity contribution is 6.32. The third-order valence-electron chi connectivity index (χ3n) is 6.55. The molecule has 1 heterocycles. The number of halogens is 4. The smallest absolute Gasteiger partial charge is 0.425 e. The van der Waals surface area contributed by atoms with Crippen molar-refractivity contribution in [3.8, 4) is 17.0 Å². The van der Waals surface area contributed by atoms with Crippen molar-refractivity contribution < 1.29 is 32.9 Å². The van der Waals surface area contributed by atoms with Crippen LogP contribution in [0.2, 0.25) is 5.02 Å². The number of aromatic nitrogens is 2. The molecule has 218 valence electrons. The minimum Gasteiger partial charge on any atom is -0.480 e. The van der Waals surface area contributed by atoms with Gasteiger partial charge in [-0.15, -0.1) is 0 Å². The Hall–Kier alpha value is -3.08. The van der Waals surface area contributed by atoms with Crippen molar-refractivity contribution >= 4 is 17.5 Å². The van der Waals surface area contributed by atoms with Crippen molar-refractivity contribution in [2.24, 2.45) is 5.92 Å². The summed E-state index contributed by atoms with van der Waals surface area (Å²) >= 11 is 6.08. The van der Waals surface area contributed by atoms with E-state index in [2.05, 4.69) is 10.3 Å². The van der Waals surface area contributed by atoms with Crippen LogP contribution in [0.5, 0.6) is 5.75 Å². The quantitative estimate of drug-likeness (QED) is 0.245. The molecule has 0 saturated carbocycles. The lowest BCUT2D eigenvalue weighted by molar-refractivity contribution is -0.189. The van der Waals surface area contributed by atoms with Gasteiger partial charge in [0.1, 0.15) is 17.7 Å². The monoisotopic (exact) mass is 581 g/mol. The summed E-state index contributed by atoms with van der Waals surface area (Å²) in [5.41, 5.74) is 2.70. The second-order valence-electron chi connectivity index (χ2n) is 9.99. The van der Waals surface area contributed by atoms with Crippen molar-refractivity contribution in [1.82, 2.24) is 14.9 Å². The first-order valence-electron chi connectivity index (χ1n) is 13.1. The fourth-order valence-corrected chi connectivity index (χ4v) is 4.32. The molecule has 40 heavy (non-hydrogen) atoms. The predicted octanol–water partition coefficient (Wildman–Crippen LogP) is 5.97. The number of carbonyl (C=O) groups excluding carboxylic acids is 1. The molecular formula is C29H35ClF3N3O4. The zero-order chi connectivity index (χ0) is 29.6. The van der Waals surface area contributed by atoms with Gasteiger partial charge in [0.05, 0.1) is 10.7 Å². The molecule has 0 aliphatic rings. The first kappa shape index (κ1) is 31.4. The first-order chi connectivity index (χ1) is 18.8. The molecule has 0 aliphatic carbocycles. The maximum atomic E-state index is 12.9. The van der Waals surface area contributed by atoms with E-state index in [0.29, 0.717) is 25.2 Å². The second-order valence-corrected chi connectivity index (χ2v) is 10.4. The van der Waals surface area contributed by atoms with Crippen LogP contribution in [0.3, 0.4) is 0 Å². The van der Waals surface area contributed by atoms with Gasteiger partial charge in [-0.3, -0.25) is 4.79 Å². The van der Waals surface area contributed by atoms with Crippen LogP contribution in [0.4, 0.5) is 13.2 Å². The number of amides is 1. The molecule has 1 unspecified atom stereocenters. The largest absolute Gasteiger partial charge is 0.480 e. The number of hydrogen-bond donors (Lipinski definition) is 3. The number of alkyl halides is 3. The highest BCUT2D eigenvalue weighted by atomic mass is 35.5. The summed E-state index contributed by atoms with van der Waals surface area (Å²) in [6.07, 6.45) is -4.63. The number of imidazole rings is 1. The zero-order valence-electron chi connectivity index (χ0n) is 22.9. The number of ether oxygens (including phenoxy) is 1. The number of nitrogens with one attached hydrogen (secondary N) is 1. The van der Waals surface area contributed by atoms with E-state index in [-0.39, 0.29) is 28.9 Å². The van der Waals surface area contributed by atoms with E-state index in [4.69, 9.17) is 16.3 Å². The molecular weight excluding hydrogens is 547 g/mol. The second kappa shape index (κ2) is 13.5. The maximum Gasteiger partial charge on any atom is 0.425 e. The normalized spacial score (nSPS) is 14.2. The van der Waals surface area contributed by atoms with Gasteiger partial charge in [0.15, 0.2) is 6.10 Å². The number of hydrogen-bond acceptors (Lipinski definition) is 5. The Bertz CT molecular complexity index is 1280. The third-order valence-corrected chi connectivity index (χ3v) is 6.84. The molecule has 3 atom stereocenters. The van der Waals surface area contributed by atoms with Gasteiger partial charge in [-0.1, -0.05) is 49.7 Å². The zero-order valence-corrected chi connectivity index (χ0v) is 23.6. The fourth-order valence-electron chi connectivity index (χ4n) is 4.10. The molecule has 3 N–H and O–H groups in total. The fraction of sp³-hybridized carbons (Fsp3) is 0.448. The van der Waals surface area contributed by atoms with Crippen LogP contribution in [-0.4, -0.2) is 50.6 Å². The van der Waals surface area contributed by atoms with Gasteiger partial charge in [0.25, 0.3) is 5.91 Å². The molecule has 0 radical (unpaired) electrons. The first-order valence-corrected chi connectivity index (χ1v) is 13.5. The van der Waals surface area contributed by atoms with Crippen molar-refractivity contribution in [2.45, 2.75) is 71.5 Å². The van der Waals surface area contributed by atoms with Crippen LogP contribution in [0.15, 0.2) is 48.7 Å². The van der Waals surface area contributed by atoms with Gasteiger partial charge in [0, 0.05) is 36.5 Å². The molecule has 0 fully saturated rings. The lowest BCUT2D eigenvalue weighted by Crippen LogP contribution is -2.37. The molecule has 7 nitrogen and oxygen atoms in total. The molecule has 0 saturated heterocycles. The standard InChI is InChI=1S/C29H35ClF3N3O4/c1-5-36-16-24(35-27(36)26(38)17(2)3)20-8-6-19(7-9-20)14-22(12-13-37)34-28(39)21-10-11-25(23(30)15-21)40-18(4)29(31,32)33/h6-11,15-18,22,26,37-38H,5,12-14H2,1-4H3,(H,34,39)/t18?,22-,26-/m1/s1. The van der Waals surface area contributed by atoms with E-state index in [9.17, 15) is 28.2 Å². The minimum atomic E-state index is -4.55. The van der Waals surface area contributed by atoms with E-state index in [1.807, 2.05) is 55.8 Å². The topological polar surface area (TPSA) is 96.6 Å². The lowest BCUT2D eigenvalue weighted by atomic mass is 10.0. The molecule has 0 bridgehead atoms. The number of aliphatic hydroxyl groups is 2. The molecule has 1 amide bonds. The molecule has 0 spiro atoms. The number of benzene rings is 2. The van der Waals surface area contributed by atoms with E-state index < -0.39 is 30.3 Å². The van der Waals surface area contributed by atoms with Gasteiger partial charge in [-0.2, -0.15) is 13.2 Å². The van der Waals surface area contributed by atoms with E-state index in [1.165, 1.54) is 18.2 Å². The van der Waals surface area contributed by atoms with Gasteiger partial charge >= 0.3 is 6.18 Å². The summed E-state index contributed by atoms with van der Waals surface area (Å²) < 4.78 is 45.2. The van der Waals surface area contributed by atoms with Crippen LogP contribution in [0, 0.1) is 5.92 Å². The lowest BCUT2D eigenvalue weighted by Gasteiger charge is -2.20. The Morgan fingerprint density at radius 3 is 2.38 bits per heavy atom. The Balaban J connectivity index is 1.69. The van der Waals surface area contributed by atoms with Crippen molar-refractivity contribution in [3.63, 3.8) is 0 Å². The average Bonchev–Trinajstić information content (AvgIpc) is 3.33. The van der Waals surface area contributed by atoms with Gasteiger partial charge in [0.2, 0.25) is 0 Å². The average molecular weight is 582 g/mol. The number of nitrogens with zero attached hydrogens (tertiary/aromatic N) is 2. The van der Waals surface area contributed by atoms with Gasteiger partial charge < -0.3 is 24.8 Å². The van der Waals surface area contributed by atoms with Crippen molar-refractivity contribution in [1.29, 1.82) is 0 Å². The summed E-state index contributed by atoms with van der Waals surface area (Å²) in [6, 6.07) is 11.1. The third kappa shape index (κ3) is 7.99. The molecule has 0 aliphatic heterocycles. The van der Waals surface area contributed by atoms with E-state index in [0.717, 1.165) is 23.7 Å². The summed E-state index contributed by atoms with van der Waals surface area (Å²) in [6.45, 7) is 7.27. The van der Waals surface area contributed by atoms with Gasteiger partial charge in [-0.25, -0.2) is 4.98 Å². The Morgan fingerprint density at radius 2 is 1.82 bits per heavy atom. The maximum absolute atomic E-state index is 12.9. The summed E-state index contributed by atoms with van der Waals surface area (Å²) in [7, 11) is 0. The number of aliphatic hydroxyl groups excluding tert-OH is 2.